The van der Waals surface area contributed by atoms with E-state index in [1.807, 2.05) is 0 Å². The number of aryl methyl sites for hydroxylation is 1. The van der Waals surface area contributed by atoms with E-state index in [9.17, 15) is 19.1 Å². The van der Waals surface area contributed by atoms with Crippen LogP contribution in [0.1, 0.15) is 29.2 Å². The van der Waals surface area contributed by atoms with Crippen molar-refractivity contribution in [2.75, 3.05) is 46.0 Å². The molecule has 0 bridgehead atoms. The number of morpholine rings is 1. The summed E-state index contributed by atoms with van der Waals surface area (Å²) in [5, 5.41) is 11.3. The molecule has 1 unspecified atom stereocenters. The van der Waals surface area contributed by atoms with Gasteiger partial charge in [-0.1, -0.05) is 24.8 Å². The molecule has 0 aromatic heterocycles. The molecule has 2 aliphatic heterocycles. The number of Topliss-reactive ketones (excluding diaryl/α,β-unsaturated/α-hetero) is 1. The van der Waals surface area contributed by atoms with Crippen LogP contribution in [0.4, 0.5) is 4.39 Å². The lowest BCUT2D eigenvalue weighted by Crippen LogP contribution is -2.38. The standard InChI is InChI=1S/C28H31FN2O5/c1-3-15-36-22-9-10-23(19(2)18-22)26(32)24-25(20-5-7-21(29)8-6-20)31(28(34)27(24)33)12-4-11-30-13-16-35-17-14-30/h3,5-10,18,25,32H,1,4,11-17H2,2H3/b26-24+. The van der Waals surface area contributed by atoms with Gasteiger partial charge >= 0.3 is 0 Å². The number of amides is 1. The number of likely N-dealkylation sites (tertiary alicyclic amines) is 1. The predicted molar refractivity (Wildman–Crippen MR) is 134 cm³/mol. The average molecular weight is 495 g/mol. The maximum absolute atomic E-state index is 13.7. The van der Waals surface area contributed by atoms with Crippen molar-refractivity contribution in [3.05, 3.63) is 83.2 Å². The van der Waals surface area contributed by atoms with Crippen molar-refractivity contribution >= 4 is 17.4 Å². The minimum atomic E-state index is -0.814. The van der Waals surface area contributed by atoms with E-state index < -0.39 is 23.5 Å². The Morgan fingerprint density at radius 3 is 2.56 bits per heavy atom. The summed E-state index contributed by atoms with van der Waals surface area (Å²) in [6, 6.07) is 9.98. The predicted octanol–water partition coefficient (Wildman–Crippen LogP) is 3.84. The van der Waals surface area contributed by atoms with Gasteiger partial charge in [0.2, 0.25) is 0 Å². The first-order valence-electron chi connectivity index (χ1n) is 12.1. The molecule has 4 rings (SSSR count). The highest BCUT2D eigenvalue weighted by molar-refractivity contribution is 6.46. The third-order valence-corrected chi connectivity index (χ3v) is 6.52. The molecule has 0 spiro atoms. The van der Waals surface area contributed by atoms with Crippen LogP contribution in [-0.2, 0) is 14.3 Å². The highest BCUT2D eigenvalue weighted by Gasteiger charge is 2.46. The summed E-state index contributed by atoms with van der Waals surface area (Å²) in [6.45, 7) is 9.85. The largest absolute Gasteiger partial charge is 0.507 e. The van der Waals surface area contributed by atoms with Gasteiger partial charge in [0.1, 0.15) is 23.9 Å². The Morgan fingerprint density at radius 2 is 1.89 bits per heavy atom. The minimum Gasteiger partial charge on any atom is -0.507 e. The number of aliphatic hydroxyl groups excluding tert-OH is 1. The summed E-state index contributed by atoms with van der Waals surface area (Å²) in [7, 11) is 0. The van der Waals surface area contributed by atoms with Gasteiger partial charge in [0.15, 0.2) is 0 Å². The summed E-state index contributed by atoms with van der Waals surface area (Å²) in [6.07, 6.45) is 2.28. The zero-order valence-corrected chi connectivity index (χ0v) is 20.4. The molecule has 0 radical (unpaired) electrons. The number of hydrogen-bond donors (Lipinski definition) is 1. The van der Waals surface area contributed by atoms with Crippen molar-refractivity contribution in [3.63, 3.8) is 0 Å². The highest BCUT2D eigenvalue weighted by Crippen LogP contribution is 2.40. The summed E-state index contributed by atoms with van der Waals surface area (Å²) in [5.74, 6) is -1.50. The lowest BCUT2D eigenvalue weighted by atomic mass is 9.94. The monoisotopic (exact) mass is 494 g/mol. The molecule has 36 heavy (non-hydrogen) atoms. The number of benzene rings is 2. The van der Waals surface area contributed by atoms with Crippen LogP contribution in [0.2, 0.25) is 0 Å². The SMILES string of the molecule is C=CCOc1ccc(/C(O)=C2\C(=O)C(=O)N(CCCN3CCOCC3)C2c2ccc(F)cc2)c(C)c1. The van der Waals surface area contributed by atoms with Crippen molar-refractivity contribution in [1.29, 1.82) is 0 Å². The smallest absolute Gasteiger partial charge is 0.295 e. The topological polar surface area (TPSA) is 79.3 Å². The molecule has 0 saturated carbocycles. The third kappa shape index (κ3) is 5.50. The number of rotatable bonds is 9. The molecule has 2 aromatic carbocycles. The molecule has 2 aromatic rings. The summed E-state index contributed by atoms with van der Waals surface area (Å²) < 4.78 is 24.6. The zero-order valence-electron chi connectivity index (χ0n) is 20.4. The maximum atomic E-state index is 13.7. The summed E-state index contributed by atoms with van der Waals surface area (Å²) in [5.41, 5.74) is 1.68. The second kappa shape index (κ2) is 11.5. The molecule has 1 atom stereocenters. The van der Waals surface area contributed by atoms with Gasteiger partial charge in [0.05, 0.1) is 24.8 Å². The molecular formula is C28H31FN2O5. The van der Waals surface area contributed by atoms with E-state index in [0.717, 1.165) is 19.6 Å². The van der Waals surface area contributed by atoms with Gasteiger partial charge in [-0.05, 0) is 54.8 Å². The van der Waals surface area contributed by atoms with Crippen LogP contribution >= 0.6 is 0 Å². The van der Waals surface area contributed by atoms with Crippen molar-refractivity contribution in [3.8, 4) is 5.75 Å². The van der Waals surface area contributed by atoms with Gasteiger partial charge in [-0.2, -0.15) is 0 Å². The van der Waals surface area contributed by atoms with E-state index in [1.54, 1.807) is 43.3 Å². The van der Waals surface area contributed by atoms with Gasteiger partial charge < -0.3 is 19.5 Å². The van der Waals surface area contributed by atoms with E-state index in [2.05, 4.69) is 11.5 Å². The van der Waals surface area contributed by atoms with Gasteiger partial charge in [-0.25, -0.2) is 4.39 Å². The molecule has 1 amide bonds. The molecule has 0 aliphatic carbocycles. The molecule has 7 nitrogen and oxygen atoms in total. The van der Waals surface area contributed by atoms with Crippen LogP contribution in [0, 0.1) is 12.7 Å². The lowest BCUT2D eigenvalue weighted by Gasteiger charge is -2.29. The summed E-state index contributed by atoms with van der Waals surface area (Å²) in [4.78, 5) is 30.1. The normalized spacial score (nSPS) is 20.1. The minimum absolute atomic E-state index is 0.000778. The van der Waals surface area contributed by atoms with Crippen LogP contribution in [0.5, 0.6) is 5.75 Å². The first kappa shape index (κ1) is 25.6. The number of aliphatic hydroxyl groups is 1. The van der Waals surface area contributed by atoms with Crippen molar-refractivity contribution < 1.29 is 28.6 Å². The first-order chi connectivity index (χ1) is 17.4. The highest BCUT2D eigenvalue weighted by atomic mass is 19.1. The van der Waals surface area contributed by atoms with Crippen LogP contribution < -0.4 is 4.74 Å². The molecule has 1 N–H and O–H groups in total. The number of halogens is 1. The molecule has 8 heteroatoms. The van der Waals surface area contributed by atoms with E-state index >= 15 is 0 Å². The molecule has 2 aliphatic rings. The summed E-state index contributed by atoms with van der Waals surface area (Å²) >= 11 is 0. The quantitative estimate of drug-likeness (QED) is 0.247. The Labute approximate surface area is 210 Å². The molecular weight excluding hydrogens is 463 g/mol. The first-order valence-corrected chi connectivity index (χ1v) is 12.1. The van der Waals surface area contributed by atoms with Gasteiger partial charge in [0, 0.05) is 31.7 Å². The second-order valence-electron chi connectivity index (χ2n) is 8.93. The number of carbonyl (C=O) groups is 2. The Hall–Kier alpha value is -3.49. The fraction of sp³-hybridized carbons (Fsp3) is 0.357. The van der Waals surface area contributed by atoms with Gasteiger partial charge in [-0.15, -0.1) is 0 Å². The van der Waals surface area contributed by atoms with Gasteiger partial charge in [-0.3, -0.25) is 14.5 Å². The van der Waals surface area contributed by atoms with E-state index in [0.29, 0.717) is 55.2 Å². The molecule has 2 heterocycles. The number of hydrogen-bond acceptors (Lipinski definition) is 6. The zero-order chi connectivity index (χ0) is 25.7. The Morgan fingerprint density at radius 1 is 1.17 bits per heavy atom. The Kier molecular flexibility index (Phi) is 8.18. The lowest BCUT2D eigenvalue weighted by molar-refractivity contribution is -0.140. The number of ether oxygens (including phenoxy) is 2. The average Bonchev–Trinajstić information content (AvgIpc) is 3.13. The van der Waals surface area contributed by atoms with Crippen molar-refractivity contribution in [2.24, 2.45) is 0 Å². The second-order valence-corrected chi connectivity index (χ2v) is 8.93. The number of nitrogens with zero attached hydrogens (tertiary/aromatic N) is 2. The van der Waals surface area contributed by atoms with E-state index in [4.69, 9.17) is 9.47 Å². The van der Waals surface area contributed by atoms with Gasteiger partial charge in [0.25, 0.3) is 11.7 Å². The molecule has 190 valence electrons. The van der Waals surface area contributed by atoms with Crippen molar-refractivity contribution in [2.45, 2.75) is 19.4 Å². The molecule has 2 saturated heterocycles. The van der Waals surface area contributed by atoms with E-state index in [1.165, 1.54) is 17.0 Å². The maximum Gasteiger partial charge on any atom is 0.295 e. The van der Waals surface area contributed by atoms with E-state index in [-0.39, 0.29) is 11.3 Å². The Bertz CT molecular complexity index is 1160. The third-order valence-electron chi connectivity index (χ3n) is 6.52. The van der Waals surface area contributed by atoms with Crippen LogP contribution in [0.3, 0.4) is 0 Å². The Balaban J connectivity index is 1.67. The molecule has 2 fully saturated rings. The van der Waals surface area contributed by atoms with Crippen LogP contribution in [0.25, 0.3) is 5.76 Å². The van der Waals surface area contributed by atoms with Crippen molar-refractivity contribution in [1.82, 2.24) is 9.80 Å². The van der Waals surface area contributed by atoms with Crippen LogP contribution in [-0.4, -0.2) is 72.6 Å². The number of ketones is 1. The van der Waals surface area contributed by atoms with Crippen LogP contribution in [0.15, 0.2) is 60.7 Å². The number of carbonyl (C=O) groups excluding carboxylic acids is 2. The fourth-order valence-corrected chi connectivity index (χ4v) is 4.68. The fourth-order valence-electron chi connectivity index (χ4n) is 4.68.